The highest BCUT2D eigenvalue weighted by Gasteiger charge is 2.33. The molecule has 5 rings (SSSR count). The van der Waals surface area contributed by atoms with E-state index in [0.29, 0.717) is 11.4 Å². The van der Waals surface area contributed by atoms with Gasteiger partial charge in [0.1, 0.15) is 0 Å². The number of aryl methyl sites for hydroxylation is 1. The number of ether oxygens (including phenoxy) is 1. The van der Waals surface area contributed by atoms with E-state index >= 15 is 0 Å². The summed E-state index contributed by atoms with van der Waals surface area (Å²) in [5.74, 6) is 0.0248. The minimum atomic E-state index is 0.0248. The standard InChI is InChI=1S/C28H30N4O2S/c1-22-19-23(21-32(22)25-11-6-3-7-12-25)20-26-27(33)31(14-8-13-30-15-17-34-18-16-30)28(35-26)29-24-9-4-2-5-10-24/h2-7,9-12,19-21H,8,13-18H2,1H3/b26-20+,29-28?. The second-order valence-electron chi connectivity index (χ2n) is 8.73. The fourth-order valence-corrected chi connectivity index (χ4v) is 5.40. The Hall–Kier alpha value is -3.13. The number of rotatable bonds is 7. The third kappa shape index (κ3) is 5.75. The van der Waals surface area contributed by atoms with Gasteiger partial charge in [-0.1, -0.05) is 36.4 Å². The molecule has 1 aromatic heterocycles. The molecule has 0 radical (unpaired) electrons. The zero-order valence-corrected chi connectivity index (χ0v) is 20.8. The van der Waals surface area contributed by atoms with E-state index in [0.717, 1.165) is 67.1 Å². The molecular weight excluding hydrogens is 456 g/mol. The number of amides is 1. The molecule has 0 unspecified atom stereocenters. The van der Waals surface area contributed by atoms with Crippen molar-refractivity contribution in [2.24, 2.45) is 4.99 Å². The molecule has 2 aromatic carbocycles. The summed E-state index contributed by atoms with van der Waals surface area (Å²) < 4.78 is 7.60. The highest BCUT2D eigenvalue weighted by molar-refractivity contribution is 8.18. The van der Waals surface area contributed by atoms with E-state index in [4.69, 9.17) is 9.73 Å². The first-order valence-electron chi connectivity index (χ1n) is 12.1. The second kappa shape index (κ2) is 11.1. The first kappa shape index (κ1) is 23.6. The van der Waals surface area contributed by atoms with E-state index < -0.39 is 0 Å². The summed E-state index contributed by atoms with van der Waals surface area (Å²) in [4.78, 5) is 23.2. The van der Waals surface area contributed by atoms with Crippen LogP contribution in [0.15, 0.2) is 82.8 Å². The molecule has 0 aliphatic carbocycles. The molecule has 0 N–H and O–H groups in total. The predicted octanol–water partition coefficient (Wildman–Crippen LogP) is 5.11. The zero-order chi connectivity index (χ0) is 24.0. The number of aliphatic imine (C=N–C) groups is 1. The third-order valence-electron chi connectivity index (χ3n) is 6.19. The Kier molecular flexibility index (Phi) is 7.47. The summed E-state index contributed by atoms with van der Waals surface area (Å²) in [6, 6.07) is 22.2. The lowest BCUT2D eigenvalue weighted by Crippen LogP contribution is -2.38. The molecule has 2 aliphatic heterocycles. The van der Waals surface area contributed by atoms with Gasteiger partial charge in [-0.2, -0.15) is 0 Å². The Balaban J connectivity index is 1.37. The quantitative estimate of drug-likeness (QED) is 0.436. The molecule has 35 heavy (non-hydrogen) atoms. The van der Waals surface area contributed by atoms with E-state index in [-0.39, 0.29) is 5.91 Å². The van der Waals surface area contributed by atoms with Gasteiger partial charge in [0, 0.05) is 43.8 Å². The molecule has 0 spiro atoms. The smallest absolute Gasteiger partial charge is 0.266 e. The van der Waals surface area contributed by atoms with E-state index in [1.165, 1.54) is 11.8 Å². The van der Waals surface area contributed by atoms with Gasteiger partial charge in [-0.15, -0.1) is 0 Å². The molecule has 0 bridgehead atoms. The molecule has 0 saturated carbocycles. The van der Waals surface area contributed by atoms with Gasteiger partial charge in [0.15, 0.2) is 5.17 Å². The van der Waals surface area contributed by atoms with E-state index in [9.17, 15) is 4.79 Å². The number of carbonyl (C=O) groups excluding carboxylic acids is 1. The van der Waals surface area contributed by atoms with Gasteiger partial charge < -0.3 is 9.30 Å². The van der Waals surface area contributed by atoms with Crippen LogP contribution in [0.5, 0.6) is 0 Å². The SMILES string of the molecule is Cc1cc(/C=C2/SC(=Nc3ccccc3)N(CCCN3CCOCC3)C2=O)cn1-c1ccccc1. The monoisotopic (exact) mass is 486 g/mol. The van der Waals surface area contributed by atoms with Crippen LogP contribution < -0.4 is 0 Å². The molecule has 3 heterocycles. The second-order valence-corrected chi connectivity index (χ2v) is 9.73. The highest BCUT2D eigenvalue weighted by Crippen LogP contribution is 2.34. The molecule has 2 saturated heterocycles. The van der Waals surface area contributed by atoms with Crippen molar-refractivity contribution in [3.8, 4) is 5.69 Å². The van der Waals surface area contributed by atoms with Crippen LogP contribution in [0, 0.1) is 6.92 Å². The van der Waals surface area contributed by atoms with Gasteiger partial charge in [-0.25, -0.2) is 4.99 Å². The lowest BCUT2D eigenvalue weighted by Gasteiger charge is -2.27. The van der Waals surface area contributed by atoms with Crippen molar-refractivity contribution in [3.05, 3.63) is 89.1 Å². The van der Waals surface area contributed by atoms with Gasteiger partial charge in [-0.3, -0.25) is 14.6 Å². The van der Waals surface area contributed by atoms with Gasteiger partial charge in [0.05, 0.1) is 23.8 Å². The third-order valence-corrected chi connectivity index (χ3v) is 7.20. The summed E-state index contributed by atoms with van der Waals surface area (Å²) >= 11 is 1.46. The van der Waals surface area contributed by atoms with Crippen molar-refractivity contribution in [2.45, 2.75) is 13.3 Å². The predicted molar refractivity (Wildman–Crippen MR) is 143 cm³/mol. The number of hydrogen-bond donors (Lipinski definition) is 0. The average Bonchev–Trinajstić information content (AvgIpc) is 3.40. The number of carbonyl (C=O) groups is 1. The Morgan fingerprint density at radius 2 is 1.71 bits per heavy atom. The molecule has 0 atom stereocenters. The topological polar surface area (TPSA) is 50.1 Å². The number of benzene rings is 2. The van der Waals surface area contributed by atoms with E-state index in [1.807, 2.05) is 59.5 Å². The van der Waals surface area contributed by atoms with Crippen molar-refractivity contribution in [3.63, 3.8) is 0 Å². The van der Waals surface area contributed by atoms with Crippen LogP contribution in [-0.4, -0.2) is 64.8 Å². The van der Waals surface area contributed by atoms with Crippen molar-refractivity contribution in [1.29, 1.82) is 0 Å². The summed E-state index contributed by atoms with van der Waals surface area (Å²) in [6.45, 7) is 7.17. The molecule has 1 amide bonds. The molecule has 2 fully saturated rings. The fourth-order valence-electron chi connectivity index (χ4n) is 4.37. The summed E-state index contributed by atoms with van der Waals surface area (Å²) in [5.41, 5.74) is 4.10. The van der Waals surface area contributed by atoms with Crippen LogP contribution in [0.3, 0.4) is 0 Å². The molecule has 6 nitrogen and oxygen atoms in total. The first-order chi connectivity index (χ1) is 17.2. The largest absolute Gasteiger partial charge is 0.379 e. The lowest BCUT2D eigenvalue weighted by molar-refractivity contribution is -0.122. The van der Waals surface area contributed by atoms with Crippen molar-refractivity contribution in [2.75, 3.05) is 39.4 Å². The van der Waals surface area contributed by atoms with Crippen LogP contribution in [0.1, 0.15) is 17.7 Å². The van der Waals surface area contributed by atoms with Crippen molar-refractivity contribution < 1.29 is 9.53 Å². The highest BCUT2D eigenvalue weighted by atomic mass is 32.2. The van der Waals surface area contributed by atoms with Gasteiger partial charge in [0.2, 0.25) is 0 Å². The van der Waals surface area contributed by atoms with Gasteiger partial charge in [-0.05, 0) is 67.1 Å². The minimum Gasteiger partial charge on any atom is -0.379 e. The zero-order valence-electron chi connectivity index (χ0n) is 20.0. The first-order valence-corrected chi connectivity index (χ1v) is 12.9. The Labute approximate surface area is 210 Å². The Morgan fingerprint density at radius 3 is 2.46 bits per heavy atom. The number of para-hydroxylation sites is 2. The molecule has 180 valence electrons. The van der Waals surface area contributed by atoms with Gasteiger partial charge >= 0.3 is 0 Å². The minimum absolute atomic E-state index is 0.0248. The average molecular weight is 487 g/mol. The fraction of sp³-hybridized carbons (Fsp3) is 0.286. The van der Waals surface area contributed by atoms with Crippen LogP contribution in [0.2, 0.25) is 0 Å². The number of hydrogen-bond acceptors (Lipinski definition) is 5. The molecule has 7 heteroatoms. The molecule has 2 aliphatic rings. The summed E-state index contributed by atoms with van der Waals surface area (Å²) in [6.07, 6.45) is 4.97. The molecule has 3 aromatic rings. The number of morpholine rings is 1. The Bertz CT molecular complexity index is 1210. The van der Waals surface area contributed by atoms with Crippen LogP contribution in [0.25, 0.3) is 11.8 Å². The van der Waals surface area contributed by atoms with Crippen LogP contribution >= 0.6 is 11.8 Å². The number of thioether (sulfide) groups is 1. The number of nitrogens with zero attached hydrogens (tertiary/aromatic N) is 4. The maximum atomic E-state index is 13.5. The van der Waals surface area contributed by atoms with Crippen LogP contribution in [-0.2, 0) is 9.53 Å². The number of amidine groups is 1. The molecular formula is C28H30N4O2S. The lowest BCUT2D eigenvalue weighted by atomic mass is 10.2. The summed E-state index contributed by atoms with van der Waals surface area (Å²) in [5, 5.41) is 0.744. The van der Waals surface area contributed by atoms with Crippen LogP contribution in [0.4, 0.5) is 5.69 Å². The normalized spacial score (nSPS) is 19.2. The van der Waals surface area contributed by atoms with Crippen molar-refractivity contribution >= 4 is 34.6 Å². The number of aromatic nitrogens is 1. The van der Waals surface area contributed by atoms with E-state index in [1.54, 1.807) is 0 Å². The maximum Gasteiger partial charge on any atom is 0.266 e. The summed E-state index contributed by atoms with van der Waals surface area (Å²) in [7, 11) is 0. The maximum absolute atomic E-state index is 13.5. The van der Waals surface area contributed by atoms with E-state index in [2.05, 4.69) is 40.8 Å². The van der Waals surface area contributed by atoms with Crippen molar-refractivity contribution in [1.82, 2.24) is 14.4 Å². The van der Waals surface area contributed by atoms with Gasteiger partial charge in [0.25, 0.3) is 5.91 Å². The Morgan fingerprint density at radius 1 is 1.00 bits per heavy atom.